The number of ether oxygens (including phenoxy) is 1. The third kappa shape index (κ3) is 1.10. The molecule has 2 aromatic rings. The highest BCUT2D eigenvalue weighted by Crippen LogP contribution is 2.29. The fourth-order valence-corrected chi connectivity index (χ4v) is 1.72. The maximum absolute atomic E-state index is 5.78. The van der Waals surface area contributed by atoms with Gasteiger partial charge in [0.2, 0.25) is 5.90 Å². The lowest BCUT2D eigenvalue weighted by Gasteiger charge is -1.99. The fraction of sp³-hybridized carbons (Fsp3) is 0.100. The minimum absolute atomic E-state index is 0.514. The van der Waals surface area contributed by atoms with Crippen molar-refractivity contribution in [2.24, 2.45) is 4.99 Å². The number of hydrogen-bond donors (Lipinski definition) is 1. The summed E-state index contributed by atoms with van der Waals surface area (Å²) in [4.78, 5) is 12.5. The van der Waals surface area contributed by atoms with Crippen molar-refractivity contribution in [1.29, 1.82) is 0 Å². The van der Waals surface area contributed by atoms with Crippen LogP contribution in [-0.4, -0.2) is 27.7 Å². The van der Waals surface area contributed by atoms with Crippen LogP contribution in [0.2, 0.25) is 0 Å². The van der Waals surface area contributed by atoms with Gasteiger partial charge in [-0.15, -0.1) is 0 Å². The Morgan fingerprint density at radius 3 is 3.00 bits per heavy atom. The van der Waals surface area contributed by atoms with E-state index in [1.54, 1.807) is 19.4 Å². The van der Waals surface area contributed by atoms with Gasteiger partial charge in [-0.2, -0.15) is 4.99 Å². The Balaban J connectivity index is 2.41. The molecule has 0 aromatic carbocycles. The molecule has 0 saturated heterocycles. The maximum Gasteiger partial charge on any atom is 0.215 e. The predicted molar refractivity (Wildman–Crippen MR) is 60.8 cm³/mol. The van der Waals surface area contributed by atoms with Crippen molar-refractivity contribution in [3.63, 3.8) is 0 Å². The summed E-state index contributed by atoms with van der Waals surface area (Å²) >= 11 is 0. The zero-order valence-electron chi connectivity index (χ0n) is 8.58. The third-order valence-corrected chi connectivity index (χ3v) is 2.45. The van der Waals surface area contributed by atoms with Crippen molar-refractivity contribution in [1.82, 2.24) is 14.6 Å². The van der Waals surface area contributed by atoms with E-state index in [1.165, 1.54) is 11.0 Å². The lowest BCUT2D eigenvalue weighted by atomic mass is 10.2. The summed E-state index contributed by atoms with van der Waals surface area (Å²) in [5.74, 6) is 6.87. The molecule has 0 spiro atoms. The molecule has 1 aliphatic heterocycles. The van der Waals surface area contributed by atoms with E-state index < -0.39 is 0 Å². The molecule has 0 bridgehead atoms. The van der Waals surface area contributed by atoms with Gasteiger partial charge in [-0.05, 0) is 6.08 Å². The molecule has 2 N–H and O–H groups in total. The van der Waals surface area contributed by atoms with Crippen molar-refractivity contribution >= 4 is 28.8 Å². The van der Waals surface area contributed by atoms with Crippen molar-refractivity contribution in [3.05, 3.63) is 24.2 Å². The van der Waals surface area contributed by atoms with E-state index >= 15 is 0 Å². The van der Waals surface area contributed by atoms with Crippen LogP contribution in [0.3, 0.4) is 0 Å². The number of rotatable bonds is 0. The zero-order valence-corrected chi connectivity index (χ0v) is 8.58. The normalized spacial score (nSPS) is 13.7. The Kier molecular flexibility index (Phi) is 1.70. The van der Waals surface area contributed by atoms with Crippen molar-refractivity contribution in [2.45, 2.75) is 0 Å². The average molecular weight is 215 g/mol. The summed E-state index contributed by atoms with van der Waals surface area (Å²) < 4.78 is 6.56. The summed E-state index contributed by atoms with van der Waals surface area (Å²) in [6.07, 6.45) is 6.88. The van der Waals surface area contributed by atoms with Crippen LogP contribution in [0.4, 0.5) is 5.82 Å². The highest BCUT2D eigenvalue weighted by atomic mass is 16.5. The van der Waals surface area contributed by atoms with Crippen LogP contribution in [0.1, 0.15) is 5.56 Å². The second-order valence-electron chi connectivity index (χ2n) is 3.38. The largest absolute Gasteiger partial charge is 0.481 e. The molecule has 2 aromatic heterocycles. The van der Waals surface area contributed by atoms with E-state index in [9.17, 15) is 0 Å². The van der Waals surface area contributed by atoms with Crippen LogP contribution < -0.4 is 5.84 Å². The van der Waals surface area contributed by atoms with Gasteiger partial charge in [0.15, 0.2) is 11.5 Å². The Morgan fingerprint density at radius 2 is 2.19 bits per heavy atom. The van der Waals surface area contributed by atoms with Gasteiger partial charge in [0.1, 0.15) is 6.33 Å². The van der Waals surface area contributed by atoms with E-state index in [-0.39, 0.29) is 0 Å². The molecule has 3 heterocycles. The minimum atomic E-state index is 0.514. The van der Waals surface area contributed by atoms with Crippen molar-refractivity contribution < 1.29 is 4.74 Å². The average Bonchev–Trinajstić information content (AvgIpc) is 2.52. The van der Waals surface area contributed by atoms with Gasteiger partial charge in [-0.3, -0.25) is 4.68 Å². The summed E-state index contributed by atoms with van der Waals surface area (Å²) in [5, 5.41) is 0.841. The second-order valence-corrected chi connectivity index (χ2v) is 3.38. The van der Waals surface area contributed by atoms with Gasteiger partial charge in [-0.25, -0.2) is 9.97 Å². The van der Waals surface area contributed by atoms with Crippen LogP contribution in [0, 0.1) is 0 Å². The molecule has 1 aliphatic rings. The molecule has 0 unspecified atom stereocenters. The number of methoxy groups -OCH3 is 1. The number of nitrogens with zero attached hydrogens (tertiary/aromatic N) is 4. The van der Waals surface area contributed by atoms with Gasteiger partial charge >= 0.3 is 0 Å². The molecule has 0 aliphatic carbocycles. The van der Waals surface area contributed by atoms with Crippen LogP contribution in [0.5, 0.6) is 0 Å². The third-order valence-electron chi connectivity index (χ3n) is 2.45. The van der Waals surface area contributed by atoms with E-state index in [1.807, 2.05) is 6.08 Å². The Morgan fingerprint density at radius 1 is 1.31 bits per heavy atom. The standard InChI is InChI=1S/C10H9N5O/c1-16-7-3-2-6-4-15(11)10-8(6)9(14-7)12-5-13-10/h2-5H,11H2,1H3. The molecule has 0 fully saturated rings. The maximum atomic E-state index is 5.78. The minimum Gasteiger partial charge on any atom is -0.481 e. The zero-order chi connectivity index (χ0) is 11.1. The number of nitrogen functional groups attached to an aromatic ring is 1. The van der Waals surface area contributed by atoms with E-state index in [4.69, 9.17) is 10.6 Å². The first-order chi connectivity index (χ1) is 7.79. The molecule has 0 radical (unpaired) electrons. The molecule has 0 saturated carbocycles. The van der Waals surface area contributed by atoms with Gasteiger partial charge in [0.25, 0.3) is 0 Å². The van der Waals surface area contributed by atoms with Crippen molar-refractivity contribution in [2.75, 3.05) is 13.0 Å². The Bertz CT molecular complexity index is 625. The van der Waals surface area contributed by atoms with Crippen molar-refractivity contribution in [3.8, 4) is 0 Å². The topological polar surface area (TPSA) is 78.3 Å². The lowest BCUT2D eigenvalue weighted by Crippen LogP contribution is -2.06. The number of nitrogens with two attached hydrogens (primary N) is 1. The lowest BCUT2D eigenvalue weighted by molar-refractivity contribution is 0.407. The van der Waals surface area contributed by atoms with Crippen LogP contribution >= 0.6 is 0 Å². The summed E-state index contributed by atoms with van der Waals surface area (Å²) in [6.45, 7) is 0. The van der Waals surface area contributed by atoms with E-state index in [2.05, 4.69) is 15.0 Å². The number of aliphatic imine (C=N–C) groups is 1. The quantitative estimate of drug-likeness (QED) is 0.661. The number of aromatic nitrogens is 3. The van der Waals surface area contributed by atoms with Crippen LogP contribution in [0.15, 0.2) is 23.6 Å². The second kappa shape index (κ2) is 3.06. The van der Waals surface area contributed by atoms with E-state index in [0.29, 0.717) is 17.4 Å². The first-order valence-electron chi connectivity index (χ1n) is 4.71. The SMILES string of the molecule is COC1=Nc2ncnc3c2c(cn3N)C=C1. The molecule has 6 heteroatoms. The predicted octanol–water partition coefficient (Wildman–Crippen LogP) is 0.848. The van der Waals surface area contributed by atoms with Gasteiger partial charge in [0.05, 0.1) is 12.5 Å². The Hall–Kier alpha value is -2.37. The summed E-state index contributed by atoms with van der Waals surface area (Å²) in [6, 6.07) is 0. The highest BCUT2D eigenvalue weighted by molar-refractivity contribution is 6.04. The molecule has 6 nitrogen and oxygen atoms in total. The monoisotopic (exact) mass is 215 g/mol. The summed E-state index contributed by atoms with van der Waals surface area (Å²) in [7, 11) is 1.57. The van der Waals surface area contributed by atoms with E-state index in [0.717, 1.165) is 10.9 Å². The number of hydrogen-bond acceptors (Lipinski definition) is 5. The summed E-state index contributed by atoms with van der Waals surface area (Å²) in [5.41, 5.74) is 1.59. The van der Waals surface area contributed by atoms with Gasteiger partial charge in [0, 0.05) is 17.8 Å². The molecule has 16 heavy (non-hydrogen) atoms. The van der Waals surface area contributed by atoms with Crippen LogP contribution in [0.25, 0.3) is 17.1 Å². The van der Waals surface area contributed by atoms with Gasteiger partial charge in [-0.1, -0.05) is 0 Å². The molecule has 3 rings (SSSR count). The van der Waals surface area contributed by atoms with Crippen LogP contribution in [-0.2, 0) is 4.74 Å². The molecule has 80 valence electrons. The Labute approximate surface area is 91.1 Å². The fourth-order valence-electron chi connectivity index (χ4n) is 1.72. The molecular weight excluding hydrogens is 206 g/mol. The molecule has 0 amide bonds. The van der Waals surface area contributed by atoms with Gasteiger partial charge < -0.3 is 10.6 Å². The first-order valence-corrected chi connectivity index (χ1v) is 4.71. The highest BCUT2D eigenvalue weighted by Gasteiger charge is 2.14. The first kappa shape index (κ1) is 8.90. The molecular formula is C10H9N5O. The smallest absolute Gasteiger partial charge is 0.215 e. The molecule has 0 atom stereocenters.